The molecule has 5 nitrogen and oxygen atoms in total. The SMILES string of the molecule is COc1cc(C)ccc1C(C)C.CPOCC1(COPC)COC(c2ccc(C)cc2)OC1. The molecule has 0 amide bonds. The van der Waals surface area contributed by atoms with Crippen LogP contribution < -0.4 is 4.74 Å². The van der Waals surface area contributed by atoms with Crippen LogP contribution in [0, 0.1) is 19.3 Å². The average Bonchev–Trinajstić information content (AvgIpc) is 2.82. The Hall–Kier alpha value is -1.06. The Morgan fingerprint density at radius 3 is 1.94 bits per heavy atom. The second-order valence-electron chi connectivity index (χ2n) is 8.75. The van der Waals surface area contributed by atoms with E-state index in [0.29, 0.717) is 50.0 Å². The van der Waals surface area contributed by atoms with E-state index in [1.165, 1.54) is 16.7 Å². The van der Waals surface area contributed by atoms with Gasteiger partial charge in [-0.25, -0.2) is 0 Å². The van der Waals surface area contributed by atoms with E-state index in [1.807, 2.05) is 13.3 Å². The van der Waals surface area contributed by atoms with Crippen LogP contribution in [0.2, 0.25) is 0 Å². The summed E-state index contributed by atoms with van der Waals surface area (Å²) in [5.74, 6) is 1.53. The van der Waals surface area contributed by atoms with Gasteiger partial charge in [0.15, 0.2) is 6.29 Å². The highest BCUT2D eigenvalue weighted by Gasteiger charge is 2.38. The van der Waals surface area contributed by atoms with E-state index in [-0.39, 0.29) is 11.7 Å². The highest BCUT2D eigenvalue weighted by Crippen LogP contribution is 2.34. The third-order valence-corrected chi connectivity index (χ3v) is 6.35. The summed E-state index contributed by atoms with van der Waals surface area (Å²) in [7, 11) is 2.66. The molecule has 7 heteroatoms. The van der Waals surface area contributed by atoms with Gasteiger partial charge in [0.25, 0.3) is 0 Å². The number of benzene rings is 2. The van der Waals surface area contributed by atoms with Crippen LogP contribution in [0.25, 0.3) is 0 Å². The number of hydrogen-bond acceptors (Lipinski definition) is 5. The van der Waals surface area contributed by atoms with E-state index in [0.717, 1.165) is 11.3 Å². The van der Waals surface area contributed by atoms with E-state index in [9.17, 15) is 0 Å². The van der Waals surface area contributed by atoms with Crippen LogP contribution in [0.4, 0.5) is 0 Å². The lowest BCUT2D eigenvalue weighted by molar-refractivity contribution is -0.244. The summed E-state index contributed by atoms with van der Waals surface area (Å²) in [6, 6.07) is 14.6. The molecule has 0 spiro atoms. The van der Waals surface area contributed by atoms with Crippen LogP contribution in [0.3, 0.4) is 0 Å². The molecule has 33 heavy (non-hydrogen) atoms. The molecule has 0 N–H and O–H groups in total. The summed E-state index contributed by atoms with van der Waals surface area (Å²) >= 11 is 0. The fourth-order valence-electron chi connectivity index (χ4n) is 3.46. The van der Waals surface area contributed by atoms with Crippen molar-refractivity contribution >= 4 is 17.6 Å². The van der Waals surface area contributed by atoms with Gasteiger partial charge in [0, 0.05) is 23.2 Å². The molecule has 1 aliphatic heterocycles. The van der Waals surface area contributed by atoms with Crippen molar-refractivity contribution in [1.29, 1.82) is 0 Å². The van der Waals surface area contributed by atoms with Gasteiger partial charge in [-0.15, -0.1) is 0 Å². The Morgan fingerprint density at radius 2 is 1.45 bits per heavy atom. The van der Waals surface area contributed by atoms with E-state index < -0.39 is 0 Å². The van der Waals surface area contributed by atoms with Gasteiger partial charge in [-0.2, -0.15) is 0 Å². The Morgan fingerprint density at radius 1 is 0.909 bits per heavy atom. The van der Waals surface area contributed by atoms with Crippen LogP contribution in [-0.4, -0.2) is 46.9 Å². The third-order valence-electron chi connectivity index (χ3n) is 5.49. The highest BCUT2D eigenvalue weighted by molar-refractivity contribution is 7.31. The average molecular weight is 495 g/mol. The summed E-state index contributed by atoms with van der Waals surface area (Å²) in [5.41, 5.74) is 4.64. The number of hydrogen-bond donors (Lipinski definition) is 0. The monoisotopic (exact) mass is 494 g/mol. The van der Waals surface area contributed by atoms with E-state index in [1.54, 1.807) is 7.11 Å². The summed E-state index contributed by atoms with van der Waals surface area (Å²) in [4.78, 5) is 0. The number of aryl methyl sites for hydroxylation is 2. The number of rotatable bonds is 9. The molecule has 1 heterocycles. The van der Waals surface area contributed by atoms with Crippen molar-refractivity contribution in [2.45, 2.75) is 39.9 Å². The van der Waals surface area contributed by atoms with Gasteiger partial charge >= 0.3 is 0 Å². The zero-order valence-corrected chi connectivity index (χ0v) is 23.1. The van der Waals surface area contributed by atoms with Crippen molar-refractivity contribution < 1.29 is 23.3 Å². The zero-order chi connectivity index (χ0) is 24.3. The maximum absolute atomic E-state index is 5.94. The highest BCUT2D eigenvalue weighted by atomic mass is 31.1. The molecule has 0 radical (unpaired) electrons. The molecule has 0 saturated carbocycles. The van der Waals surface area contributed by atoms with Gasteiger partial charge in [-0.1, -0.05) is 55.8 Å². The summed E-state index contributed by atoms with van der Waals surface area (Å²) in [5, 5.41) is 0. The van der Waals surface area contributed by atoms with Crippen molar-refractivity contribution in [2.24, 2.45) is 5.41 Å². The quantitative estimate of drug-likeness (QED) is 0.366. The molecule has 184 valence electrons. The number of ether oxygens (including phenoxy) is 3. The first kappa shape index (κ1) is 28.2. The lowest BCUT2D eigenvalue weighted by Crippen LogP contribution is -2.45. The molecule has 2 aromatic carbocycles. The van der Waals surface area contributed by atoms with Crippen LogP contribution in [-0.2, 0) is 18.5 Å². The van der Waals surface area contributed by atoms with E-state index in [4.69, 9.17) is 23.3 Å². The molecule has 2 aromatic rings. The van der Waals surface area contributed by atoms with Crippen molar-refractivity contribution in [3.8, 4) is 5.75 Å². The second kappa shape index (κ2) is 14.4. The minimum atomic E-state index is -0.285. The van der Waals surface area contributed by atoms with Crippen molar-refractivity contribution in [2.75, 3.05) is 46.9 Å². The first-order chi connectivity index (χ1) is 15.8. The van der Waals surface area contributed by atoms with Crippen LogP contribution in [0.1, 0.15) is 48.3 Å². The van der Waals surface area contributed by atoms with Gasteiger partial charge in [-0.05, 0) is 50.3 Å². The molecule has 2 atom stereocenters. The molecule has 1 saturated heterocycles. The maximum Gasteiger partial charge on any atom is 0.183 e. The number of methoxy groups -OCH3 is 1. The first-order valence-corrected chi connectivity index (χ1v) is 14.2. The van der Waals surface area contributed by atoms with Crippen LogP contribution in [0.5, 0.6) is 5.75 Å². The lowest BCUT2D eigenvalue weighted by atomic mass is 9.91. The standard InChI is InChI=1S/C15H24O4P2.C11H16O/c1-12-4-6-13(7-5-12)14-16-8-15(9-17-14,10-18-20-2)11-19-21-3;1-8(2)10-6-5-9(3)7-11(10)12-4/h4-7,14,20-21H,8-11H2,1-3H3;5-8H,1-4H3. The summed E-state index contributed by atoms with van der Waals surface area (Å²) in [6.07, 6.45) is -0.285. The van der Waals surface area contributed by atoms with Gasteiger partial charge in [0.2, 0.25) is 0 Å². The minimum absolute atomic E-state index is 0.187. The Bertz CT molecular complexity index is 808. The predicted molar refractivity (Wildman–Crippen MR) is 140 cm³/mol. The Kier molecular flexibility index (Phi) is 12.3. The Balaban J connectivity index is 0.000000273. The van der Waals surface area contributed by atoms with Crippen LogP contribution in [0.15, 0.2) is 42.5 Å². The maximum atomic E-state index is 5.94. The van der Waals surface area contributed by atoms with Crippen molar-refractivity contribution in [3.63, 3.8) is 0 Å². The van der Waals surface area contributed by atoms with Gasteiger partial charge in [0.1, 0.15) is 5.75 Å². The van der Waals surface area contributed by atoms with Gasteiger partial charge in [0.05, 0.1) is 39.0 Å². The fourth-order valence-corrected chi connectivity index (χ4v) is 4.37. The van der Waals surface area contributed by atoms with Crippen LogP contribution >= 0.6 is 17.6 Å². The zero-order valence-electron chi connectivity index (χ0n) is 21.1. The first-order valence-electron chi connectivity index (χ1n) is 11.4. The molecular formula is C26H40O5P2. The summed E-state index contributed by atoms with van der Waals surface area (Å²) < 4.78 is 28.4. The molecule has 2 unspecified atom stereocenters. The van der Waals surface area contributed by atoms with Gasteiger partial charge < -0.3 is 23.3 Å². The topological polar surface area (TPSA) is 46.2 Å². The third kappa shape index (κ3) is 8.91. The van der Waals surface area contributed by atoms with Gasteiger partial charge in [-0.3, -0.25) is 0 Å². The Labute approximate surface area is 203 Å². The van der Waals surface area contributed by atoms with E-state index >= 15 is 0 Å². The largest absolute Gasteiger partial charge is 0.496 e. The van der Waals surface area contributed by atoms with E-state index in [2.05, 4.69) is 70.2 Å². The molecule has 0 aliphatic carbocycles. The molecule has 0 aromatic heterocycles. The molecular weight excluding hydrogens is 454 g/mol. The lowest BCUT2D eigenvalue weighted by Gasteiger charge is -2.39. The summed E-state index contributed by atoms with van der Waals surface area (Å²) in [6.45, 7) is 15.0. The fraction of sp³-hybridized carbons (Fsp3) is 0.538. The molecule has 1 aliphatic rings. The molecule has 1 fully saturated rings. The molecule has 3 rings (SSSR count). The predicted octanol–water partition coefficient (Wildman–Crippen LogP) is 6.63. The smallest absolute Gasteiger partial charge is 0.183 e. The van der Waals surface area contributed by atoms with Crippen molar-refractivity contribution in [3.05, 3.63) is 64.7 Å². The normalized spacial score (nSPS) is 21.0. The minimum Gasteiger partial charge on any atom is -0.496 e. The second-order valence-corrected chi connectivity index (χ2v) is 10.1. The molecule has 0 bridgehead atoms. The van der Waals surface area contributed by atoms with Crippen molar-refractivity contribution in [1.82, 2.24) is 0 Å².